The van der Waals surface area contributed by atoms with Gasteiger partial charge in [0.15, 0.2) is 5.69 Å². The van der Waals surface area contributed by atoms with Crippen LogP contribution in [0.15, 0.2) is 54.7 Å². The fraction of sp³-hybridized carbons (Fsp3) is 0.200. The van der Waals surface area contributed by atoms with E-state index >= 15 is 0 Å². The predicted molar refractivity (Wildman–Crippen MR) is 97.7 cm³/mol. The number of benzene rings is 2. The van der Waals surface area contributed by atoms with Gasteiger partial charge in [-0.25, -0.2) is 4.68 Å². The molecule has 5 nitrogen and oxygen atoms in total. The third-order valence-electron chi connectivity index (χ3n) is 4.31. The molecule has 1 amide bonds. The van der Waals surface area contributed by atoms with Crippen molar-refractivity contribution >= 4 is 5.91 Å². The molecule has 0 radical (unpaired) electrons. The molecule has 0 spiro atoms. The highest BCUT2D eigenvalue weighted by Crippen LogP contribution is 2.34. The van der Waals surface area contributed by atoms with Crippen molar-refractivity contribution < 1.29 is 35.9 Å². The Kier molecular flexibility index (Phi) is 5.96. The number of carbonyl (C=O) groups excluding carboxylic acids is 1. The fourth-order valence-electron chi connectivity index (χ4n) is 2.84. The molecular formula is C20H15F6N3O2. The zero-order valence-electron chi connectivity index (χ0n) is 15.9. The van der Waals surface area contributed by atoms with E-state index in [4.69, 9.17) is 4.74 Å². The highest BCUT2D eigenvalue weighted by atomic mass is 19.4. The molecule has 1 heterocycles. The first-order valence-corrected chi connectivity index (χ1v) is 8.74. The lowest BCUT2D eigenvalue weighted by Crippen LogP contribution is -2.26. The molecule has 1 N–H and O–H groups in total. The lowest BCUT2D eigenvalue weighted by molar-refractivity contribution is -0.143. The number of halogens is 6. The minimum absolute atomic E-state index is 0.0463. The van der Waals surface area contributed by atoms with Crippen molar-refractivity contribution in [1.82, 2.24) is 15.1 Å². The summed E-state index contributed by atoms with van der Waals surface area (Å²) in [6.45, 7) is -0.395. The first-order valence-electron chi connectivity index (χ1n) is 8.74. The van der Waals surface area contributed by atoms with Crippen molar-refractivity contribution in [2.45, 2.75) is 18.9 Å². The van der Waals surface area contributed by atoms with Gasteiger partial charge in [-0.2, -0.15) is 31.4 Å². The molecule has 164 valence electrons. The Bertz CT molecular complexity index is 1070. The van der Waals surface area contributed by atoms with Crippen molar-refractivity contribution in [1.29, 1.82) is 0 Å². The molecule has 1 aromatic heterocycles. The molecule has 0 bridgehead atoms. The molecule has 0 aliphatic carbocycles. The minimum Gasteiger partial charge on any atom is -0.497 e. The molecule has 31 heavy (non-hydrogen) atoms. The minimum atomic E-state index is -4.92. The van der Waals surface area contributed by atoms with Gasteiger partial charge < -0.3 is 10.1 Å². The number of hydrogen-bond donors (Lipinski definition) is 1. The number of alkyl halides is 6. The molecule has 0 atom stereocenters. The largest absolute Gasteiger partial charge is 0.497 e. The number of nitrogens with zero attached hydrogens (tertiary/aromatic N) is 2. The number of hydrogen-bond acceptors (Lipinski definition) is 3. The zero-order valence-corrected chi connectivity index (χ0v) is 15.9. The second kappa shape index (κ2) is 8.32. The van der Waals surface area contributed by atoms with Crippen LogP contribution in [0.2, 0.25) is 0 Å². The summed E-state index contributed by atoms with van der Waals surface area (Å²) < 4.78 is 85.0. The number of methoxy groups -OCH3 is 1. The maximum atomic E-state index is 13.7. The Morgan fingerprint density at radius 1 is 1.03 bits per heavy atom. The first kappa shape index (κ1) is 22.2. The quantitative estimate of drug-likeness (QED) is 0.574. The Hall–Kier alpha value is -3.50. The predicted octanol–water partition coefficient (Wildman–Crippen LogP) is 4.85. The van der Waals surface area contributed by atoms with E-state index < -0.39 is 41.6 Å². The van der Waals surface area contributed by atoms with E-state index in [0.29, 0.717) is 10.4 Å². The van der Waals surface area contributed by atoms with Crippen LogP contribution in [0.5, 0.6) is 5.75 Å². The van der Waals surface area contributed by atoms with Gasteiger partial charge in [-0.1, -0.05) is 12.1 Å². The topological polar surface area (TPSA) is 56.2 Å². The fourth-order valence-corrected chi connectivity index (χ4v) is 2.84. The summed E-state index contributed by atoms with van der Waals surface area (Å²) in [6.07, 6.45) is -8.74. The number of aromatic nitrogens is 2. The SMILES string of the molecule is COc1ccc(-n2ncc(C(=O)NCc3cccc(C(F)(F)F)c3)c2C(F)(F)F)cc1. The lowest BCUT2D eigenvalue weighted by Gasteiger charge is -2.13. The molecule has 3 rings (SSSR count). The average molecular weight is 443 g/mol. The van der Waals surface area contributed by atoms with Gasteiger partial charge in [-0.05, 0) is 42.0 Å². The van der Waals surface area contributed by atoms with E-state index in [1.807, 2.05) is 0 Å². The molecule has 0 saturated carbocycles. The Labute approximate surface area is 172 Å². The average Bonchev–Trinajstić information content (AvgIpc) is 3.17. The van der Waals surface area contributed by atoms with Crippen LogP contribution in [-0.4, -0.2) is 22.8 Å². The van der Waals surface area contributed by atoms with Gasteiger partial charge in [0, 0.05) is 6.54 Å². The van der Waals surface area contributed by atoms with E-state index in [-0.39, 0.29) is 11.3 Å². The third-order valence-corrected chi connectivity index (χ3v) is 4.31. The van der Waals surface area contributed by atoms with Gasteiger partial charge in [-0.15, -0.1) is 0 Å². The second-order valence-corrected chi connectivity index (χ2v) is 6.40. The standard InChI is InChI=1S/C20H15F6N3O2/c1-31-15-7-5-14(6-8-15)29-17(20(24,25)26)16(11-28-29)18(30)27-10-12-3-2-4-13(9-12)19(21,22)23/h2-9,11H,10H2,1H3,(H,27,30). The van der Waals surface area contributed by atoms with Crippen molar-refractivity contribution in [2.24, 2.45) is 0 Å². The van der Waals surface area contributed by atoms with Crippen LogP contribution >= 0.6 is 0 Å². The highest BCUT2D eigenvalue weighted by molar-refractivity contribution is 5.95. The van der Waals surface area contributed by atoms with Gasteiger partial charge in [0.2, 0.25) is 0 Å². The normalized spacial score (nSPS) is 12.0. The molecule has 0 unspecified atom stereocenters. The molecule has 0 aliphatic heterocycles. The lowest BCUT2D eigenvalue weighted by atomic mass is 10.1. The van der Waals surface area contributed by atoms with Crippen molar-refractivity contribution in [3.63, 3.8) is 0 Å². The van der Waals surface area contributed by atoms with Crippen LogP contribution in [-0.2, 0) is 18.9 Å². The summed E-state index contributed by atoms with van der Waals surface area (Å²) in [6, 6.07) is 9.68. The van der Waals surface area contributed by atoms with Crippen molar-refractivity contribution in [2.75, 3.05) is 7.11 Å². The number of amides is 1. The number of nitrogens with one attached hydrogen (secondary N) is 1. The number of carbonyl (C=O) groups is 1. The number of ether oxygens (including phenoxy) is 1. The van der Waals surface area contributed by atoms with Gasteiger partial charge in [0.05, 0.1) is 30.1 Å². The maximum Gasteiger partial charge on any atom is 0.434 e. The Morgan fingerprint density at radius 2 is 1.71 bits per heavy atom. The number of rotatable bonds is 5. The van der Waals surface area contributed by atoms with E-state index in [9.17, 15) is 31.1 Å². The first-order chi connectivity index (χ1) is 14.5. The van der Waals surface area contributed by atoms with E-state index in [1.165, 1.54) is 37.4 Å². The smallest absolute Gasteiger partial charge is 0.434 e. The van der Waals surface area contributed by atoms with Gasteiger partial charge in [-0.3, -0.25) is 4.79 Å². The van der Waals surface area contributed by atoms with Crippen molar-refractivity contribution in [3.05, 3.63) is 77.1 Å². The molecule has 0 saturated heterocycles. The highest BCUT2D eigenvalue weighted by Gasteiger charge is 2.40. The molecule has 2 aromatic carbocycles. The summed E-state index contributed by atoms with van der Waals surface area (Å²) in [5.74, 6) is -0.701. The zero-order chi connectivity index (χ0) is 22.8. The molecule has 11 heteroatoms. The van der Waals surface area contributed by atoms with Crippen LogP contribution in [0.3, 0.4) is 0 Å². The molecule has 3 aromatic rings. The van der Waals surface area contributed by atoms with Gasteiger partial charge in [0.1, 0.15) is 5.75 Å². The monoisotopic (exact) mass is 443 g/mol. The van der Waals surface area contributed by atoms with E-state index in [1.54, 1.807) is 0 Å². The summed E-state index contributed by atoms with van der Waals surface area (Å²) >= 11 is 0. The molecule has 0 aliphatic rings. The third kappa shape index (κ3) is 4.98. The Morgan fingerprint density at radius 3 is 2.29 bits per heavy atom. The summed E-state index contributed by atoms with van der Waals surface area (Å²) in [4.78, 5) is 12.4. The van der Waals surface area contributed by atoms with Crippen molar-refractivity contribution in [3.8, 4) is 11.4 Å². The van der Waals surface area contributed by atoms with E-state index in [0.717, 1.165) is 24.4 Å². The van der Waals surface area contributed by atoms with Crippen LogP contribution in [0.1, 0.15) is 27.2 Å². The molecule has 0 fully saturated rings. The van der Waals surface area contributed by atoms with Gasteiger partial charge >= 0.3 is 12.4 Å². The van der Waals surface area contributed by atoms with Crippen LogP contribution in [0.25, 0.3) is 5.69 Å². The van der Waals surface area contributed by atoms with E-state index in [2.05, 4.69) is 10.4 Å². The summed E-state index contributed by atoms with van der Waals surface area (Å²) in [5.41, 5.74) is -2.86. The van der Waals surface area contributed by atoms with Gasteiger partial charge in [0.25, 0.3) is 5.91 Å². The van der Waals surface area contributed by atoms with Crippen LogP contribution in [0, 0.1) is 0 Å². The Balaban J connectivity index is 1.87. The van der Waals surface area contributed by atoms with Crippen LogP contribution < -0.4 is 10.1 Å². The van der Waals surface area contributed by atoms with Crippen LogP contribution in [0.4, 0.5) is 26.3 Å². The maximum absolute atomic E-state index is 13.7. The molecular weight excluding hydrogens is 428 g/mol. The summed E-state index contributed by atoms with van der Waals surface area (Å²) in [7, 11) is 1.40. The second-order valence-electron chi connectivity index (χ2n) is 6.40. The summed E-state index contributed by atoms with van der Waals surface area (Å²) in [5, 5.41) is 5.89.